The van der Waals surface area contributed by atoms with Gasteiger partial charge in [0.05, 0.1) is 0 Å². The molecule has 6 nitrogen and oxygen atoms in total. The lowest BCUT2D eigenvalue weighted by Gasteiger charge is -2.46. The van der Waals surface area contributed by atoms with Gasteiger partial charge < -0.3 is 15.8 Å². The second kappa shape index (κ2) is 11.1. The van der Waals surface area contributed by atoms with E-state index in [2.05, 4.69) is 59.4 Å². The normalized spacial score (nSPS) is 19.4. The predicted molar refractivity (Wildman–Crippen MR) is 145 cm³/mol. The van der Waals surface area contributed by atoms with Crippen LogP contribution in [0.5, 0.6) is 0 Å². The second-order valence-electron chi connectivity index (χ2n) is 10.8. The lowest BCUT2D eigenvalue weighted by atomic mass is 10.0. The number of benzene rings is 2. The van der Waals surface area contributed by atoms with E-state index in [1.54, 1.807) is 26.0 Å². The minimum atomic E-state index is -1.18. The molecule has 1 aromatic heterocycles. The van der Waals surface area contributed by atoms with Gasteiger partial charge in [-0.15, -0.1) is 0 Å². The average molecular weight is 497 g/mol. The summed E-state index contributed by atoms with van der Waals surface area (Å²) in [4.78, 5) is 16.3. The molecule has 1 saturated heterocycles. The van der Waals surface area contributed by atoms with Gasteiger partial charge in [-0.2, -0.15) is 0 Å². The Morgan fingerprint density at radius 3 is 2.22 bits per heavy atom. The van der Waals surface area contributed by atoms with Crippen molar-refractivity contribution in [2.45, 2.75) is 65.3 Å². The topological polar surface area (TPSA) is 86.0 Å². The fourth-order valence-electron chi connectivity index (χ4n) is 5.64. The van der Waals surface area contributed by atoms with Gasteiger partial charge in [0, 0.05) is 67.0 Å². The number of piperazine rings is 1. The molecule has 2 aromatic carbocycles. The number of carbonyl (C=O) groups is 1. The monoisotopic (exact) mass is 496 g/mol. The van der Waals surface area contributed by atoms with E-state index in [4.69, 9.17) is 5.73 Å². The minimum Gasteiger partial charge on any atom is -0.412 e. The second-order valence-corrected chi connectivity index (χ2v) is 10.8. The van der Waals surface area contributed by atoms with Gasteiger partial charge in [0.2, 0.25) is 5.91 Å². The molecule has 4 N–H and O–H groups in total. The van der Waals surface area contributed by atoms with Gasteiger partial charge in [-0.25, -0.2) is 4.39 Å². The number of primary amides is 1. The van der Waals surface area contributed by atoms with E-state index in [9.17, 15) is 9.18 Å². The molecule has 36 heavy (non-hydrogen) atoms. The molecule has 0 aliphatic carbocycles. The van der Waals surface area contributed by atoms with Crippen LogP contribution < -0.4 is 5.73 Å². The Labute approximate surface area is 214 Å². The largest absolute Gasteiger partial charge is 0.412 e. The van der Waals surface area contributed by atoms with Gasteiger partial charge in [-0.3, -0.25) is 14.6 Å². The highest BCUT2D eigenvalue weighted by Crippen LogP contribution is 2.29. The molecule has 1 amide bonds. The Balaban J connectivity index is 0.00000361. The summed E-state index contributed by atoms with van der Waals surface area (Å²) < 4.78 is 16.8. The van der Waals surface area contributed by atoms with Crippen LogP contribution >= 0.6 is 0 Å². The molecule has 1 aliphatic heterocycles. The van der Waals surface area contributed by atoms with Crippen LogP contribution in [0.25, 0.3) is 10.9 Å². The van der Waals surface area contributed by atoms with Crippen molar-refractivity contribution < 1.29 is 14.7 Å². The zero-order valence-electron chi connectivity index (χ0n) is 22.2. The maximum absolute atomic E-state index is 14.3. The van der Waals surface area contributed by atoms with E-state index in [-0.39, 0.29) is 5.48 Å². The van der Waals surface area contributed by atoms with Crippen LogP contribution in [0.15, 0.2) is 48.5 Å². The lowest BCUT2D eigenvalue weighted by molar-refractivity contribution is 0.00259. The van der Waals surface area contributed by atoms with Crippen molar-refractivity contribution in [3.05, 3.63) is 70.9 Å². The molecule has 2 heterocycles. The molecule has 7 heteroatoms. The van der Waals surface area contributed by atoms with Crippen molar-refractivity contribution >= 4 is 16.8 Å². The molecule has 196 valence electrons. The molecule has 1 aliphatic rings. The first-order valence-electron chi connectivity index (χ1n) is 12.7. The maximum Gasteiger partial charge on any atom is 0.248 e. The van der Waals surface area contributed by atoms with Crippen molar-refractivity contribution in [2.75, 3.05) is 26.2 Å². The third kappa shape index (κ3) is 6.14. The maximum atomic E-state index is 14.3. The summed E-state index contributed by atoms with van der Waals surface area (Å²) in [6.07, 6.45) is 0.810. The molecule has 0 saturated carbocycles. The molecule has 0 unspecified atom stereocenters. The lowest BCUT2D eigenvalue weighted by Crippen LogP contribution is -2.59. The average Bonchev–Trinajstić information content (AvgIpc) is 3.05. The van der Waals surface area contributed by atoms with Gasteiger partial charge in [0.1, 0.15) is 5.67 Å². The molecule has 0 bridgehead atoms. The SMILES string of the molecule is Cc1c(Cc2ccc(C(N)=O)cc2)c2ccccc2n1CCN1C[C@@H](C)N(CC(C)(C)F)[C@@H](C)C1.O. The number of nitrogens with zero attached hydrogens (tertiary/aromatic N) is 3. The van der Waals surface area contributed by atoms with Crippen LogP contribution in [0.1, 0.15) is 54.9 Å². The highest BCUT2D eigenvalue weighted by atomic mass is 19.1. The Morgan fingerprint density at radius 2 is 1.64 bits per heavy atom. The highest BCUT2D eigenvalue weighted by Gasteiger charge is 2.33. The third-order valence-corrected chi connectivity index (χ3v) is 7.36. The number of hydrogen-bond donors (Lipinski definition) is 1. The first kappa shape index (κ1) is 27.8. The minimum absolute atomic E-state index is 0. The summed E-state index contributed by atoms with van der Waals surface area (Å²) in [7, 11) is 0. The fourth-order valence-corrected chi connectivity index (χ4v) is 5.64. The number of fused-ring (bicyclic) bond motifs is 1. The summed E-state index contributed by atoms with van der Waals surface area (Å²) in [5, 5.41) is 1.28. The summed E-state index contributed by atoms with van der Waals surface area (Å²) >= 11 is 0. The first-order chi connectivity index (χ1) is 16.5. The number of hydrogen-bond acceptors (Lipinski definition) is 3. The summed E-state index contributed by atoms with van der Waals surface area (Å²) in [6, 6.07) is 16.9. The number of carbonyl (C=O) groups excluding carboxylic acids is 1. The number of alkyl halides is 1. The molecule has 0 radical (unpaired) electrons. The smallest absolute Gasteiger partial charge is 0.248 e. The Kier molecular flexibility index (Phi) is 8.59. The predicted octanol–water partition coefficient (Wildman–Crippen LogP) is 3.96. The Morgan fingerprint density at radius 1 is 1.03 bits per heavy atom. The van der Waals surface area contributed by atoms with Crippen LogP contribution in [0.2, 0.25) is 0 Å². The summed E-state index contributed by atoms with van der Waals surface area (Å²) in [5.74, 6) is -0.401. The molecule has 0 spiro atoms. The van der Waals surface area contributed by atoms with Crippen molar-refractivity contribution in [3.63, 3.8) is 0 Å². The van der Waals surface area contributed by atoms with Crippen LogP contribution in [0.3, 0.4) is 0 Å². The number of nitrogens with two attached hydrogens (primary N) is 1. The standard InChI is InChI=1S/C29H39FN4O.H2O/c1-20-17-32(18-21(2)34(20)19-29(4,5)30)14-15-33-22(3)26(25-8-6-7-9-27(25)33)16-23-10-12-24(13-11-23)28(31)35;/h6-13,20-21H,14-19H2,1-5H3,(H2,31,35);1H2/t20-,21+;. The fraction of sp³-hybridized carbons (Fsp3) is 0.483. The Hall–Kier alpha value is -2.74. The van der Waals surface area contributed by atoms with Crippen molar-refractivity contribution in [2.24, 2.45) is 5.73 Å². The van der Waals surface area contributed by atoms with Gasteiger partial charge in [0.25, 0.3) is 0 Å². The number of para-hydroxylation sites is 1. The highest BCUT2D eigenvalue weighted by molar-refractivity contribution is 5.92. The molecule has 3 aromatic rings. The molecule has 1 fully saturated rings. The van der Waals surface area contributed by atoms with E-state index in [1.807, 2.05) is 12.1 Å². The molecular formula is C29H41FN4O2. The summed E-state index contributed by atoms with van der Waals surface area (Å²) in [5.41, 5.74) is 9.78. The first-order valence-corrected chi connectivity index (χ1v) is 12.7. The van der Waals surface area contributed by atoms with E-state index >= 15 is 0 Å². The third-order valence-electron chi connectivity index (χ3n) is 7.36. The van der Waals surface area contributed by atoms with Gasteiger partial charge in [-0.05, 0) is 70.4 Å². The van der Waals surface area contributed by atoms with Crippen LogP contribution in [0.4, 0.5) is 4.39 Å². The number of aromatic nitrogens is 1. The van der Waals surface area contributed by atoms with Gasteiger partial charge in [-0.1, -0.05) is 30.3 Å². The van der Waals surface area contributed by atoms with E-state index in [0.29, 0.717) is 24.2 Å². The Bertz CT molecular complexity index is 1170. The van der Waals surface area contributed by atoms with E-state index in [1.165, 1.54) is 22.2 Å². The zero-order chi connectivity index (χ0) is 25.3. The molecule has 4 rings (SSSR count). The van der Waals surface area contributed by atoms with Crippen molar-refractivity contribution in [3.8, 4) is 0 Å². The quantitative estimate of drug-likeness (QED) is 0.512. The van der Waals surface area contributed by atoms with Gasteiger partial charge >= 0.3 is 0 Å². The van der Waals surface area contributed by atoms with Gasteiger partial charge in [0.15, 0.2) is 0 Å². The van der Waals surface area contributed by atoms with Crippen molar-refractivity contribution in [1.29, 1.82) is 0 Å². The number of amides is 1. The van der Waals surface area contributed by atoms with Crippen LogP contribution in [-0.4, -0.2) is 69.7 Å². The van der Waals surface area contributed by atoms with E-state index < -0.39 is 11.6 Å². The van der Waals surface area contributed by atoms with Crippen molar-refractivity contribution in [1.82, 2.24) is 14.4 Å². The molecular weight excluding hydrogens is 455 g/mol. The van der Waals surface area contributed by atoms with Crippen LogP contribution in [-0.2, 0) is 13.0 Å². The number of rotatable bonds is 8. The van der Waals surface area contributed by atoms with E-state index in [0.717, 1.165) is 38.2 Å². The summed E-state index contributed by atoms with van der Waals surface area (Å²) in [6.45, 7) is 14.3. The molecule has 2 atom stereocenters. The van der Waals surface area contributed by atoms with Crippen LogP contribution in [0, 0.1) is 6.92 Å². The zero-order valence-corrected chi connectivity index (χ0v) is 22.2. The number of halogens is 1.